The molecule has 0 N–H and O–H groups in total. The molecule has 1 rings (SSSR count). The summed E-state index contributed by atoms with van der Waals surface area (Å²) in [5.41, 5.74) is 0. The summed E-state index contributed by atoms with van der Waals surface area (Å²) in [6.45, 7) is 4.73. The second-order valence-electron chi connectivity index (χ2n) is 3.37. The number of hydrogen-bond acceptors (Lipinski definition) is 0. The third-order valence-corrected chi connectivity index (χ3v) is 2.30. The third kappa shape index (κ3) is 3.73. The van der Waals surface area contributed by atoms with Gasteiger partial charge in [-0.2, -0.15) is 0 Å². The minimum Gasteiger partial charge on any atom is -0.0625 e. The molecule has 0 aromatic heterocycles. The van der Waals surface area contributed by atoms with Gasteiger partial charge in [0.15, 0.2) is 0 Å². The average Bonchev–Trinajstić information content (AvgIpc) is 1.77. The summed E-state index contributed by atoms with van der Waals surface area (Å²) < 4.78 is 0. The van der Waals surface area contributed by atoms with Crippen LogP contribution in [0.15, 0.2) is 0 Å². The van der Waals surface area contributed by atoms with Crippen LogP contribution in [0.2, 0.25) is 0 Å². The van der Waals surface area contributed by atoms with Gasteiger partial charge in [0.2, 0.25) is 0 Å². The Bertz CT molecular complexity index is 53.0. The van der Waals surface area contributed by atoms with Crippen molar-refractivity contribution in [3.05, 3.63) is 0 Å². The molecule has 0 unspecified atom stereocenters. The fourth-order valence-electron chi connectivity index (χ4n) is 1.43. The Kier molecular flexibility index (Phi) is 5.44. The van der Waals surface area contributed by atoms with E-state index in [0.29, 0.717) is 0 Å². The fourth-order valence-corrected chi connectivity index (χ4v) is 1.43. The quantitative estimate of drug-likeness (QED) is 0.565. The summed E-state index contributed by atoms with van der Waals surface area (Å²) in [5.74, 6) is 2.04. The maximum absolute atomic E-state index is 2.37. The van der Waals surface area contributed by atoms with Crippen LogP contribution in [-0.2, 0) is 32.7 Å². The summed E-state index contributed by atoms with van der Waals surface area (Å²) in [6.07, 6.45) is 5.89. The molecular weight excluding hydrogens is 185 g/mol. The molecular formula is C8H16Y. The molecule has 51 valence electrons. The van der Waals surface area contributed by atoms with E-state index in [0.717, 1.165) is 11.8 Å². The maximum atomic E-state index is 2.37. The largest absolute Gasteiger partial charge is 0.0625 e. The molecule has 1 radical (unpaired) electrons. The van der Waals surface area contributed by atoms with E-state index >= 15 is 0 Å². The zero-order chi connectivity index (χ0) is 5.98. The average molecular weight is 201 g/mol. The molecule has 0 aliphatic heterocycles. The van der Waals surface area contributed by atoms with Crippen LogP contribution in [0.5, 0.6) is 0 Å². The van der Waals surface area contributed by atoms with E-state index in [2.05, 4.69) is 13.8 Å². The summed E-state index contributed by atoms with van der Waals surface area (Å²) in [7, 11) is 0. The van der Waals surface area contributed by atoms with E-state index in [-0.39, 0.29) is 32.7 Å². The first kappa shape index (κ1) is 10.1. The second kappa shape index (κ2) is 4.85. The molecule has 1 fully saturated rings. The molecule has 1 saturated carbocycles. The van der Waals surface area contributed by atoms with Gasteiger partial charge in [-0.1, -0.05) is 39.5 Å². The van der Waals surface area contributed by atoms with Crippen molar-refractivity contribution >= 4 is 0 Å². The van der Waals surface area contributed by atoms with Gasteiger partial charge < -0.3 is 0 Å². The molecule has 0 amide bonds. The van der Waals surface area contributed by atoms with Crippen molar-refractivity contribution in [1.29, 1.82) is 0 Å². The number of rotatable bonds is 0. The van der Waals surface area contributed by atoms with E-state index in [1.807, 2.05) is 0 Å². The zero-order valence-electron chi connectivity index (χ0n) is 6.56. The Morgan fingerprint density at radius 2 is 1.00 bits per heavy atom. The standard InChI is InChI=1S/C8H16.Y/c1-7-3-5-8(2)6-4-7;/h7-8H,3-6H2,1-2H3;. The Hall–Kier alpha value is 1.10. The Morgan fingerprint density at radius 3 is 1.22 bits per heavy atom. The monoisotopic (exact) mass is 201 g/mol. The maximum Gasteiger partial charge on any atom is 0 e. The van der Waals surface area contributed by atoms with Gasteiger partial charge in [-0.15, -0.1) is 0 Å². The van der Waals surface area contributed by atoms with E-state index < -0.39 is 0 Å². The van der Waals surface area contributed by atoms with Gasteiger partial charge in [0, 0.05) is 32.7 Å². The molecule has 0 atom stereocenters. The van der Waals surface area contributed by atoms with Crippen molar-refractivity contribution in [2.24, 2.45) is 11.8 Å². The predicted molar refractivity (Wildman–Crippen MR) is 36.8 cm³/mol. The van der Waals surface area contributed by atoms with Crippen LogP contribution >= 0.6 is 0 Å². The minimum absolute atomic E-state index is 0. The van der Waals surface area contributed by atoms with Crippen LogP contribution in [-0.4, -0.2) is 0 Å². The summed E-state index contributed by atoms with van der Waals surface area (Å²) in [5, 5.41) is 0. The van der Waals surface area contributed by atoms with Gasteiger partial charge in [0.1, 0.15) is 0 Å². The van der Waals surface area contributed by atoms with Gasteiger partial charge in [-0.25, -0.2) is 0 Å². The van der Waals surface area contributed by atoms with Crippen LogP contribution < -0.4 is 0 Å². The van der Waals surface area contributed by atoms with Gasteiger partial charge in [-0.05, 0) is 11.8 Å². The molecule has 0 aromatic carbocycles. The Labute approximate surface area is 83.7 Å². The van der Waals surface area contributed by atoms with Crippen molar-refractivity contribution in [3.63, 3.8) is 0 Å². The summed E-state index contributed by atoms with van der Waals surface area (Å²) in [4.78, 5) is 0. The van der Waals surface area contributed by atoms with E-state index in [1.54, 1.807) is 0 Å². The fraction of sp³-hybridized carbons (Fsp3) is 1.00. The summed E-state index contributed by atoms with van der Waals surface area (Å²) in [6, 6.07) is 0. The Morgan fingerprint density at radius 1 is 0.778 bits per heavy atom. The molecule has 0 spiro atoms. The molecule has 0 heterocycles. The molecule has 1 aliphatic carbocycles. The van der Waals surface area contributed by atoms with E-state index in [9.17, 15) is 0 Å². The summed E-state index contributed by atoms with van der Waals surface area (Å²) >= 11 is 0. The van der Waals surface area contributed by atoms with Crippen molar-refractivity contribution in [1.82, 2.24) is 0 Å². The molecule has 0 bridgehead atoms. The van der Waals surface area contributed by atoms with Crippen LogP contribution in [0, 0.1) is 11.8 Å². The smallest absolute Gasteiger partial charge is 0 e. The van der Waals surface area contributed by atoms with Crippen molar-refractivity contribution < 1.29 is 32.7 Å². The van der Waals surface area contributed by atoms with Crippen molar-refractivity contribution in [2.45, 2.75) is 39.5 Å². The second-order valence-corrected chi connectivity index (χ2v) is 3.37. The molecule has 1 aliphatic rings. The first-order valence-electron chi connectivity index (χ1n) is 3.79. The third-order valence-electron chi connectivity index (χ3n) is 2.30. The van der Waals surface area contributed by atoms with Gasteiger partial charge in [-0.3, -0.25) is 0 Å². The first-order chi connectivity index (χ1) is 3.79. The molecule has 0 aromatic rings. The van der Waals surface area contributed by atoms with E-state index in [1.165, 1.54) is 25.7 Å². The van der Waals surface area contributed by atoms with Crippen LogP contribution in [0.4, 0.5) is 0 Å². The van der Waals surface area contributed by atoms with Crippen molar-refractivity contribution in [2.75, 3.05) is 0 Å². The van der Waals surface area contributed by atoms with Gasteiger partial charge in [0.05, 0.1) is 0 Å². The van der Waals surface area contributed by atoms with Crippen LogP contribution in [0.3, 0.4) is 0 Å². The first-order valence-corrected chi connectivity index (χ1v) is 3.79. The van der Waals surface area contributed by atoms with Crippen LogP contribution in [0.25, 0.3) is 0 Å². The Balaban J connectivity index is 0.000000640. The van der Waals surface area contributed by atoms with E-state index in [4.69, 9.17) is 0 Å². The normalized spacial score (nSPS) is 35.3. The molecule has 0 saturated heterocycles. The molecule has 0 nitrogen and oxygen atoms in total. The predicted octanol–water partition coefficient (Wildman–Crippen LogP) is 2.83. The minimum atomic E-state index is 0. The zero-order valence-corrected chi connectivity index (χ0v) is 9.40. The topological polar surface area (TPSA) is 0 Å². The molecule has 9 heavy (non-hydrogen) atoms. The van der Waals surface area contributed by atoms with Crippen molar-refractivity contribution in [3.8, 4) is 0 Å². The SMILES string of the molecule is CC1CCC(C)CC1.[Y]. The van der Waals surface area contributed by atoms with Gasteiger partial charge in [0.25, 0.3) is 0 Å². The number of hydrogen-bond donors (Lipinski definition) is 0. The molecule has 1 heteroatoms. The van der Waals surface area contributed by atoms with Gasteiger partial charge >= 0.3 is 0 Å². The van der Waals surface area contributed by atoms with Crippen LogP contribution in [0.1, 0.15) is 39.5 Å².